The molecule has 1 aliphatic carbocycles. The molecule has 96 valence electrons. The molecular weight excluding hydrogens is 262 g/mol. The highest BCUT2D eigenvalue weighted by Crippen LogP contribution is 2.28. The monoisotopic (exact) mass is 277 g/mol. The molecule has 0 atom stereocenters. The smallest absolute Gasteiger partial charge is 0.296 e. The van der Waals surface area contributed by atoms with Gasteiger partial charge < -0.3 is 4.57 Å². The first-order valence-electron chi connectivity index (χ1n) is 5.81. The van der Waals surface area contributed by atoms with Crippen LogP contribution in [0.25, 0.3) is 0 Å². The summed E-state index contributed by atoms with van der Waals surface area (Å²) in [7, 11) is 3.10. The number of aromatic nitrogens is 3. The van der Waals surface area contributed by atoms with Gasteiger partial charge in [-0.2, -0.15) is 0 Å². The van der Waals surface area contributed by atoms with Crippen LogP contribution in [0.15, 0.2) is 5.16 Å². The molecule has 0 radical (unpaired) electrons. The number of aryl methyl sites for hydroxylation is 1. The molecule has 1 heterocycles. The summed E-state index contributed by atoms with van der Waals surface area (Å²) in [5.74, 6) is 1.44. The van der Waals surface area contributed by atoms with E-state index in [1.165, 1.54) is 30.3 Å². The predicted molar refractivity (Wildman–Crippen MR) is 64.3 cm³/mol. The van der Waals surface area contributed by atoms with E-state index in [4.69, 9.17) is 10.7 Å². The van der Waals surface area contributed by atoms with Crippen LogP contribution in [0.4, 0.5) is 0 Å². The van der Waals surface area contributed by atoms with Crippen LogP contribution >= 0.6 is 10.7 Å². The highest BCUT2D eigenvalue weighted by atomic mass is 35.7. The summed E-state index contributed by atoms with van der Waals surface area (Å²) in [6.45, 7) is 0. The van der Waals surface area contributed by atoms with E-state index < -0.39 is 9.05 Å². The van der Waals surface area contributed by atoms with Crippen molar-refractivity contribution >= 4 is 19.7 Å². The van der Waals surface area contributed by atoms with Gasteiger partial charge in [0.05, 0.1) is 0 Å². The van der Waals surface area contributed by atoms with Crippen LogP contribution in [-0.4, -0.2) is 23.2 Å². The Hall–Kier alpha value is -0.620. The Morgan fingerprint density at radius 3 is 2.53 bits per heavy atom. The van der Waals surface area contributed by atoms with E-state index in [2.05, 4.69) is 10.2 Å². The molecule has 0 saturated heterocycles. The van der Waals surface area contributed by atoms with E-state index in [1.54, 1.807) is 7.05 Å². The van der Waals surface area contributed by atoms with Gasteiger partial charge in [-0.05, 0) is 12.3 Å². The molecule has 0 aromatic carbocycles. The van der Waals surface area contributed by atoms with Crippen molar-refractivity contribution < 1.29 is 8.42 Å². The molecule has 7 heteroatoms. The summed E-state index contributed by atoms with van der Waals surface area (Å²) >= 11 is 0. The van der Waals surface area contributed by atoms with E-state index in [9.17, 15) is 8.42 Å². The molecule has 1 aliphatic rings. The van der Waals surface area contributed by atoms with Gasteiger partial charge in [0.25, 0.3) is 14.2 Å². The topological polar surface area (TPSA) is 64.8 Å². The quantitative estimate of drug-likeness (QED) is 0.788. The molecule has 2 rings (SSSR count). The third-order valence-corrected chi connectivity index (χ3v) is 4.60. The van der Waals surface area contributed by atoms with Gasteiger partial charge in [-0.1, -0.05) is 25.7 Å². The number of hydrogen-bond donors (Lipinski definition) is 0. The van der Waals surface area contributed by atoms with Crippen molar-refractivity contribution in [2.24, 2.45) is 13.0 Å². The lowest BCUT2D eigenvalue weighted by Gasteiger charge is -2.07. The number of rotatable bonds is 4. The van der Waals surface area contributed by atoms with Crippen molar-refractivity contribution in [3.8, 4) is 0 Å². The van der Waals surface area contributed by atoms with Gasteiger partial charge in [0.15, 0.2) is 0 Å². The van der Waals surface area contributed by atoms with E-state index in [-0.39, 0.29) is 5.16 Å². The lowest BCUT2D eigenvalue weighted by Crippen LogP contribution is -2.06. The highest BCUT2D eigenvalue weighted by Gasteiger charge is 2.21. The van der Waals surface area contributed by atoms with Crippen molar-refractivity contribution in [2.45, 2.75) is 43.7 Å². The Kier molecular flexibility index (Phi) is 3.73. The molecule has 1 aromatic rings. The van der Waals surface area contributed by atoms with Gasteiger partial charge in [0, 0.05) is 24.2 Å². The Morgan fingerprint density at radius 2 is 2.00 bits per heavy atom. The van der Waals surface area contributed by atoms with Crippen molar-refractivity contribution in [1.82, 2.24) is 14.8 Å². The van der Waals surface area contributed by atoms with Crippen molar-refractivity contribution in [2.75, 3.05) is 0 Å². The van der Waals surface area contributed by atoms with Gasteiger partial charge in [0.2, 0.25) is 0 Å². The zero-order valence-corrected chi connectivity index (χ0v) is 11.3. The molecule has 5 nitrogen and oxygen atoms in total. The van der Waals surface area contributed by atoms with Crippen LogP contribution in [0.1, 0.15) is 37.9 Å². The summed E-state index contributed by atoms with van der Waals surface area (Å²) in [5.41, 5.74) is 0. The van der Waals surface area contributed by atoms with E-state index in [0.29, 0.717) is 5.82 Å². The average molecular weight is 278 g/mol. The number of nitrogens with zero attached hydrogens (tertiary/aromatic N) is 3. The largest absolute Gasteiger partial charge is 0.304 e. The molecule has 1 saturated carbocycles. The maximum absolute atomic E-state index is 11.2. The first kappa shape index (κ1) is 12.8. The second-order valence-corrected chi connectivity index (χ2v) is 7.04. The van der Waals surface area contributed by atoms with Crippen LogP contribution in [0.3, 0.4) is 0 Å². The maximum Gasteiger partial charge on any atom is 0.296 e. The standard InChI is InChI=1S/C10H16ClN3O2S/c1-14-9(7-6-8-4-2-3-5-8)12-13-10(14)17(11,15)16/h8H,2-7H2,1H3. The van der Waals surface area contributed by atoms with Gasteiger partial charge in [0.1, 0.15) is 5.82 Å². The minimum atomic E-state index is -3.79. The van der Waals surface area contributed by atoms with Crippen LogP contribution in [0, 0.1) is 5.92 Å². The van der Waals surface area contributed by atoms with E-state index >= 15 is 0 Å². The normalized spacial score (nSPS) is 17.8. The Labute approximate surface area is 106 Å². The van der Waals surface area contributed by atoms with Gasteiger partial charge >= 0.3 is 0 Å². The summed E-state index contributed by atoms with van der Waals surface area (Å²) in [5, 5.41) is 7.35. The first-order chi connectivity index (χ1) is 7.98. The van der Waals surface area contributed by atoms with Crippen LogP contribution in [-0.2, 0) is 22.5 Å². The minimum Gasteiger partial charge on any atom is -0.304 e. The first-order valence-corrected chi connectivity index (χ1v) is 8.12. The van der Waals surface area contributed by atoms with Crippen molar-refractivity contribution in [3.63, 3.8) is 0 Å². The van der Waals surface area contributed by atoms with Gasteiger partial charge in [-0.15, -0.1) is 10.2 Å². The summed E-state index contributed by atoms with van der Waals surface area (Å²) < 4.78 is 23.8. The molecule has 0 aliphatic heterocycles. The zero-order valence-electron chi connectivity index (χ0n) is 9.76. The fourth-order valence-electron chi connectivity index (χ4n) is 2.41. The molecule has 17 heavy (non-hydrogen) atoms. The molecule has 1 fully saturated rings. The van der Waals surface area contributed by atoms with E-state index in [1.807, 2.05) is 0 Å². The highest BCUT2D eigenvalue weighted by molar-refractivity contribution is 8.13. The predicted octanol–water partition coefficient (Wildman–Crippen LogP) is 1.87. The third-order valence-electron chi connectivity index (χ3n) is 3.39. The number of hydrogen-bond acceptors (Lipinski definition) is 4. The summed E-state index contributed by atoms with van der Waals surface area (Å²) in [4.78, 5) is 0. The summed E-state index contributed by atoms with van der Waals surface area (Å²) in [6.07, 6.45) is 6.99. The maximum atomic E-state index is 11.2. The minimum absolute atomic E-state index is 0.166. The van der Waals surface area contributed by atoms with Gasteiger partial charge in [-0.25, -0.2) is 8.42 Å². The fourth-order valence-corrected chi connectivity index (χ4v) is 3.38. The van der Waals surface area contributed by atoms with Crippen LogP contribution in [0.2, 0.25) is 0 Å². The Morgan fingerprint density at radius 1 is 1.35 bits per heavy atom. The molecule has 0 bridgehead atoms. The van der Waals surface area contributed by atoms with E-state index in [0.717, 1.165) is 18.8 Å². The Bertz CT molecular complexity index is 492. The zero-order chi connectivity index (χ0) is 12.5. The van der Waals surface area contributed by atoms with Gasteiger partial charge in [-0.3, -0.25) is 0 Å². The lowest BCUT2D eigenvalue weighted by molar-refractivity contribution is 0.490. The van der Waals surface area contributed by atoms with Crippen LogP contribution in [0.5, 0.6) is 0 Å². The SMILES string of the molecule is Cn1c(CCC2CCCC2)nnc1S(=O)(=O)Cl. The summed E-state index contributed by atoms with van der Waals surface area (Å²) in [6, 6.07) is 0. The molecule has 0 N–H and O–H groups in total. The fraction of sp³-hybridized carbons (Fsp3) is 0.800. The second kappa shape index (κ2) is 4.94. The molecule has 0 spiro atoms. The molecule has 0 amide bonds. The average Bonchev–Trinajstić information content (AvgIpc) is 2.83. The second-order valence-electron chi connectivity index (χ2n) is 4.58. The Balaban J connectivity index is 2.04. The molecule has 1 aromatic heterocycles. The van der Waals surface area contributed by atoms with Crippen molar-refractivity contribution in [1.29, 1.82) is 0 Å². The molecular formula is C10H16ClN3O2S. The van der Waals surface area contributed by atoms with Crippen molar-refractivity contribution in [3.05, 3.63) is 5.82 Å². The van der Waals surface area contributed by atoms with Crippen LogP contribution < -0.4 is 0 Å². The third kappa shape index (κ3) is 2.98. The number of halogens is 1. The molecule has 0 unspecified atom stereocenters. The lowest BCUT2D eigenvalue weighted by atomic mass is 10.0.